The SMILES string of the molecule is CN(C(=O)OC(C)(C)C)[C@@H]1[C@@H](O)[C@@H](O[C@H]2[C@H](NC(=O)[C@@H](O)CNC(=O)OC(C)(C)C)C[C@H](NC(=O)OC(C)(C)C)C([C@H]3OC(CNS(=O)(=O)c4ccccc4[N+](=O)[O-])=CC[C@H]3NC(=O)OC(C)(C)C)[C@@H]2O)OC[C@]1(C)O. The molecule has 430 valence electrons. The van der Waals surface area contributed by atoms with Gasteiger partial charge in [-0.25, -0.2) is 32.3 Å². The molecule has 2 aliphatic heterocycles. The number of benzene rings is 1. The second kappa shape index (κ2) is 24.4. The van der Waals surface area contributed by atoms with E-state index in [4.69, 9.17) is 33.2 Å². The molecule has 1 unspecified atom stereocenters. The number of alkyl carbamates (subject to hydrolysis) is 3. The lowest BCUT2D eigenvalue weighted by Crippen LogP contribution is -2.71. The van der Waals surface area contributed by atoms with Gasteiger partial charge in [0.1, 0.15) is 58.2 Å². The number of aliphatic hydroxyl groups excluding tert-OH is 3. The molecule has 28 heteroatoms. The summed E-state index contributed by atoms with van der Waals surface area (Å²) in [6.07, 6.45) is -14.1. The second-order valence-electron chi connectivity index (χ2n) is 23.0. The molecule has 27 nitrogen and oxygen atoms in total. The van der Waals surface area contributed by atoms with Crippen molar-refractivity contribution in [1.82, 2.24) is 30.9 Å². The molecule has 1 aromatic rings. The zero-order valence-corrected chi connectivity index (χ0v) is 46.2. The Morgan fingerprint density at radius 1 is 0.829 bits per heavy atom. The van der Waals surface area contributed by atoms with E-state index in [-0.39, 0.29) is 12.2 Å². The van der Waals surface area contributed by atoms with Crippen LogP contribution in [0.25, 0.3) is 0 Å². The first-order valence-electron chi connectivity index (χ1n) is 24.5. The molecule has 1 saturated heterocycles. The van der Waals surface area contributed by atoms with Crippen LogP contribution in [0.1, 0.15) is 103 Å². The van der Waals surface area contributed by atoms with Crippen molar-refractivity contribution in [3.63, 3.8) is 0 Å². The van der Waals surface area contributed by atoms with Crippen LogP contribution in [-0.2, 0) is 48.0 Å². The van der Waals surface area contributed by atoms with Crippen LogP contribution >= 0.6 is 0 Å². The quantitative estimate of drug-likeness (QED) is 0.0690. The molecule has 2 fully saturated rings. The van der Waals surface area contributed by atoms with Gasteiger partial charge in [-0.15, -0.1) is 0 Å². The van der Waals surface area contributed by atoms with Crippen molar-refractivity contribution >= 4 is 46.0 Å². The molecule has 1 aliphatic carbocycles. The highest BCUT2D eigenvalue weighted by molar-refractivity contribution is 7.89. The normalized spacial score (nSPS) is 27.7. The predicted octanol–water partition coefficient (Wildman–Crippen LogP) is 2.17. The van der Waals surface area contributed by atoms with Gasteiger partial charge in [0.15, 0.2) is 11.2 Å². The van der Waals surface area contributed by atoms with Crippen molar-refractivity contribution in [3.8, 4) is 0 Å². The van der Waals surface area contributed by atoms with Gasteiger partial charge < -0.3 is 79.8 Å². The number of carbonyl (C=O) groups is 5. The number of nitro groups is 1. The number of hydrogen-bond donors (Lipinski definition) is 9. The van der Waals surface area contributed by atoms with Crippen LogP contribution in [0.3, 0.4) is 0 Å². The van der Waals surface area contributed by atoms with Crippen molar-refractivity contribution < 1.29 is 90.9 Å². The van der Waals surface area contributed by atoms with E-state index >= 15 is 0 Å². The number of likely N-dealkylation sites (N-methyl/N-ethyl adjacent to an activating group) is 1. The van der Waals surface area contributed by atoms with Crippen molar-refractivity contribution in [3.05, 3.63) is 46.2 Å². The first-order chi connectivity index (χ1) is 34.7. The van der Waals surface area contributed by atoms with E-state index < -0.39 is 177 Å². The highest BCUT2D eigenvalue weighted by atomic mass is 32.2. The average Bonchev–Trinajstić information content (AvgIpc) is 3.24. The minimum absolute atomic E-state index is 0.118. The topological polar surface area (TPSA) is 372 Å². The lowest BCUT2D eigenvalue weighted by molar-refractivity contribution is -0.387. The molecule has 0 spiro atoms. The number of nitrogens with zero attached hydrogens (tertiary/aromatic N) is 2. The number of sulfonamides is 1. The summed E-state index contributed by atoms with van der Waals surface area (Å²) in [7, 11) is -3.35. The molecule has 2 heterocycles. The van der Waals surface area contributed by atoms with Crippen LogP contribution in [0, 0.1) is 16.0 Å². The minimum atomic E-state index is -4.62. The molecular formula is C48H77N7O20S. The molecule has 12 atom stereocenters. The summed E-state index contributed by atoms with van der Waals surface area (Å²) in [5.41, 5.74) is -6.74. The Labute approximate surface area is 442 Å². The molecule has 0 aromatic heterocycles. The first-order valence-corrected chi connectivity index (χ1v) is 26.0. The van der Waals surface area contributed by atoms with Gasteiger partial charge in [0.05, 0.1) is 48.8 Å². The Kier molecular flexibility index (Phi) is 20.2. The Morgan fingerprint density at radius 2 is 1.37 bits per heavy atom. The summed E-state index contributed by atoms with van der Waals surface area (Å²) in [4.78, 5) is 78.3. The molecular weight excluding hydrogens is 1030 g/mol. The summed E-state index contributed by atoms with van der Waals surface area (Å²) in [6, 6.07) is -0.933. The molecule has 76 heavy (non-hydrogen) atoms. The van der Waals surface area contributed by atoms with Gasteiger partial charge in [-0.05, 0) is 115 Å². The predicted molar refractivity (Wildman–Crippen MR) is 267 cm³/mol. The van der Waals surface area contributed by atoms with E-state index in [0.29, 0.717) is 0 Å². The third-order valence-corrected chi connectivity index (χ3v) is 13.0. The van der Waals surface area contributed by atoms with Gasteiger partial charge in [-0.1, -0.05) is 12.1 Å². The Hall–Kier alpha value is -5.62. The third-order valence-electron chi connectivity index (χ3n) is 11.6. The average molecular weight is 1100 g/mol. The highest BCUT2D eigenvalue weighted by Crippen LogP contribution is 2.39. The maximum atomic E-state index is 13.9. The first kappa shape index (κ1) is 62.9. The number of amides is 5. The largest absolute Gasteiger partial charge is 0.491 e. The number of para-hydroxylation sites is 1. The molecule has 9 N–H and O–H groups in total. The number of carbonyl (C=O) groups excluding carboxylic acids is 5. The number of nitro benzene ring substituents is 1. The van der Waals surface area contributed by atoms with E-state index in [9.17, 15) is 62.9 Å². The van der Waals surface area contributed by atoms with E-state index in [0.717, 1.165) is 17.0 Å². The fourth-order valence-electron chi connectivity index (χ4n) is 8.64. The van der Waals surface area contributed by atoms with Crippen LogP contribution in [-0.4, -0.2) is 185 Å². The number of nitrogens with one attached hydrogen (secondary N) is 5. The van der Waals surface area contributed by atoms with Crippen LogP contribution in [0.4, 0.5) is 24.9 Å². The maximum absolute atomic E-state index is 13.9. The third kappa shape index (κ3) is 18.0. The van der Waals surface area contributed by atoms with Crippen LogP contribution in [0.2, 0.25) is 0 Å². The molecule has 5 amide bonds. The Morgan fingerprint density at radius 3 is 1.92 bits per heavy atom. The summed E-state index contributed by atoms with van der Waals surface area (Å²) >= 11 is 0. The monoisotopic (exact) mass is 1100 g/mol. The lowest BCUT2D eigenvalue weighted by atomic mass is 9.72. The zero-order valence-electron chi connectivity index (χ0n) is 45.4. The van der Waals surface area contributed by atoms with Gasteiger partial charge in [0.25, 0.3) is 11.6 Å². The standard InChI is InChI=1S/C48H77N7O20S/c1-44(2,3)72-40(60)49-23-30(56)38(59)51-28-21-27(53-42(62)74-46(7,8)9)32(33(57)36(28)71-39-34(58)37(48(13,64)24-69-39)54(14)43(63)75-47(10,11)12)35-26(52-41(61)73-45(4,5)6)20-19-25(70-35)22-50-76(67,68)31-18-16-15-17-29(31)55(65)66/h15-19,26-28,30,32-37,39,50,56-58,64H,20-24H2,1-14H3,(H,49,60)(H,51,59)(H,52,61)(H,53,62)/t26-,27+,28-,30+,32?,33+,34-,35+,36+,37-,39-,48+/m1/s1. The van der Waals surface area contributed by atoms with E-state index in [2.05, 4.69) is 26.0 Å². The number of rotatable bonds is 15. The van der Waals surface area contributed by atoms with Crippen LogP contribution in [0.15, 0.2) is 41.0 Å². The fourth-order valence-corrected chi connectivity index (χ4v) is 9.80. The zero-order chi connectivity index (χ0) is 57.7. The smallest absolute Gasteiger partial charge is 0.410 e. The van der Waals surface area contributed by atoms with Gasteiger partial charge in [-0.3, -0.25) is 14.9 Å². The molecule has 4 rings (SSSR count). The summed E-state index contributed by atoms with van der Waals surface area (Å²) in [6.45, 7) is 18.5. The molecule has 1 aromatic carbocycles. The van der Waals surface area contributed by atoms with Crippen LogP contribution < -0.4 is 26.0 Å². The number of hydrogen-bond acceptors (Lipinski definition) is 20. The summed E-state index contributed by atoms with van der Waals surface area (Å²) < 4.78 is 70.1. The van der Waals surface area contributed by atoms with Gasteiger partial charge in [0, 0.05) is 25.1 Å². The summed E-state index contributed by atoms with van der Waals surface area (Å²) in [5, 5.41) is 69.6. The molecule has 3 aliphatic rings. The second-order valence-corrected chi connectivity index (χ2v) is 24.8. The van der Waals surface area contributed by atoms with Gasteiger partial charge in [0.2, 0.25) is 10.0 Å². The van der Waals surface area contributed by atoms with E-state index in [1.54, 1.807) is 83.1 Å². The highest BCUT2D eigenvalue weighted by Gasteiger charge is 2.57. The maximum Gasteiger partial charge on any atom is 0.410 e. The number of ether oxygens (including phenoxy) is 7. The molecule has 1 saturated carbocycles. The van der Waals surface area contributed by atoms with Crippen molar-refractivity contribution in [2.24, 2.45) is 5.92 Å². The van der Waals surface area contributed by atoms with Crippen molar-refractivity contribution in [2.75, 3.05) is 26.7 Å². The van der Waals surface area contributed by atoms with E-state index in [1.165, 1.54) is 32.2 Å². The van der Waals surface area contributed by atoms with Crippen molar-refractivity contribution in [1.29, 1.82) is 0 Å². The summed E-state index contributed by atoms with van der Waals surface area (Å²) in [5.74, 6) is -2.75. The fraction of sp³-hybridized carbons (Fsp3) is 0.729. The lowest BCUT2D eigenvalue weighted by Gasteiger charge is -2.52. The number of aliphatic hydroxyl groups is 4. The van der Waals surface area contributed by atoms with E-state index in [1.807, 2.05) is 0 Å². The molecule has 0 radical (unpaired) electrons. The van der Waals surface area contributed by atoms with Gasteiger partial charge in [-0.2, -0.15) is 0 Å². The van der Waals surface area contributed by atoms with Gasteiger partial charge >= 0.3 is 24.4 Å². The minimum Gasteiger partial charge on any atom is -0.491 e. The van der Waals surface area contributed by atoms with Crippen molar-refractivity contribution in [2.45, 2.75) is 197 Å². The Bertz CT molecular complexity index is 2400. The Balaban J connectivity index is 1.86. The molecule has 0 bridgehead atoms. The van der Waals surface area contributed by atoms with Crippen LogP contribution in [0.5, 0.6) is 0 Å².